The third-order valence-electron chi connectivity index (χ3n) is 3.26. The number of rotatable bonds is 5. The molecule has 0 radical (unpaired) electrons. The Labute approximate surface area is 123 Å². The molecule has 0 unspecified atom stereocenters. The Bertz CT molecular complexity index is 523. The van der Waals surface area contributed by atoms with Gasteiger partial charge in [0.25, 0.3) is 5.91 Å². The summed E-state index contributed by atoms with van der Waals surface area (Å²) < 4.78 is 10.2. The van der Waals surface area contributed by atoms with E-state index in [1.54, 1.807) is 13.0 Å². The molecule has 114 valence electrons. The van der Waals surface area contributed by atoms with E-state index < -0.39 is 5.97 Å². The lowest BCUT2D eigenvalue weighted by Crippen LogP contribution is -2.34. The van der Waals surface area contributed by atoms with Crippen molar-refractivity contribution in [2.75, 3.05) is 19.8 Å². The van der Waals surface area contributed by atoms with Gasteiger partial charge in [-0.1, -0.05) is 6.07 Å². The van der Waals surface area contributed by atoms with Gasteiger partial charge in [0.1, 0.15) is 11.3 Å². The normalized spacial score (nSPS) is 17.5. The molecule has 0 bridgehead atoms. The van der Waals surface area contributed by atoms with E-state index in [1.165, 1.54) is 12.1 Å². The van der Waals surface area contributed by atoms with Crippen LogP contribution in [0.3, 0.4) is 0 Å². The van der Waals surface area contributed by atoms with Crippen molar-refractivity contribution in [2.24, 2.45) is 0 Å². The second-order valence-corrected chi connectivity index (χ2v) is 5.04. The van der Waals surface area contributed by atoms with E-state index >= 15 is 0 Å². The van der Waals surface area contributed by atoms with Gasteiger partial charge in [0.05, 0.1) is 6.10 Å². The Kier molecular flexibility index (Phi) is 5.16. The minimum atomic E-state index is -0.722. The third-order valence-corrected chi connectivity index (χ3v) is 3.26. The van der Waals surface area contributed by atoms with E-state index in [-0.39, 0.29) is 29.9 Å². The Balaban J connectivity index is 1.76. The quantitative estimate of drug-likeness (QED) is 0.796. The average Bonchev–Trinajstić information content (AvgIpc) is 2.95. The van der Waals surface area contributed by atoms with Crippen LogP contribution in [0.25, 0.3) is 0 Å². The van der Waals surface area contributed by atoms with E-state index in [2.05, 4.69) is 5.32 Å². The molecule has 1 aliphatic heterocycles. The fourth-order valence-electron chi connectivity index (χ4n) is 2.11. The van der Waals surface area contributed by atoms with Crippen LogP contribution in [-0.2, 0) is 14.3 Å². The lowest BCUT2D eigenvalue weighted by atomic mass is 10.1. The highest BCUT2D eigenvalue weighted by molar-refractivity contribution is 5.93. The predicted octanol–water partition coefficient (Wildman–Crippen LogP) is 1.15. The van der Waals surface area contributed by atoms with Gasteiger partial charge in [-0.05, 0) is 37.5 Å². The fourth-order valence-corrected chi connectivity index (χ4v) is 2.11. The van der Waals surface area contributed by atoms with Crippen LogP contribution in [0, 0.1) is 6.92 Å². The molecule has 1 amide bonds. The van der Waals surface area contributed by atoms with Crippen molar-refractivity contribution in [3.63, 3.8) is 0 Å². The molecule has 0 spiro atoms. The third kappa shape index (κ3) is 4.46. The summed E-state index contributed by atoms with van der Waals surface area (Å²) in [4.78, 5) is 23.3. The highest BCUT2D eigenvalue weighted by Crippen LogP contribution is 2.19. The van der Waals surface area contributed by atoms with Crippen LogP contribution in [0.15, 0.2) is 18.2 Å². The molecule has 6 heteroatoms. The minimum absolute atomic E-state index is 0.0470. The summed E-state index contributed by atoms with van der Waals surface area (Å²) in [5.41, 5.74) is 0.880. The fraction of sp³-hybridized carbons (Fsp3) is 0.467. The molecule has 0 saturated carbocycles. The molecule has 1 saturated heterocycles. The molecular formula is C15H19NO5. The zero-order valence-corrected chi connectivity index (χ0v) is 11.9. The Morgan fingerprint density at radius 3 is 2.95 bits per heavy atom. The summed E-state index contributed by atoms with van der Waals surface area (Å²) in [5.74, 6) is -1.26. The van der Waals surface area contributed by atoms with Crippen molar-refractivity contribution in [1.29, 1.82) is 0 Å². The highest BCUT2D eigenvalue weighted by Gasteiger charge is 2.17. The first-order chi connectivity index (χ1) is 10.1. The van der Waals surface area contributed by atoms with Crippen LogP contribution in [0.1, 0.15) is 28.8 Å². The lowest BCUT2D eigenvalue weighted by Gasteiger charge is -2.11. The van der Waals surface area contributed by atoms with E-state index in [0.717, 1.165) is 25.0 Å². The maximum Gasteiger partial charge on any atom is 0.342 e. The average molecular weight is 293 g/mol. The number of phenols is 1. The van der Waals surface area contributed by atoms with Gasteiger partial charge in [0.15, 0.2) is 6.61 Å². The van der Waals surface area contributed by atoms with Gasteiger partial charge < -0.3 is 19.9 Å². The van der Waals surface area contributed by atoms with Crippen molar-refractivity contribution < 1.29 is 24.2 Å². The standard InChI is InChI=1S/C15H19NO5/c1-10-4-5-12(13(17)7-10)15(19)21-9-14(18)16-8-11-3-2-6-20-11/h4-5,7,11,17H,2-3,6,8-9H2,1H3,(H,16,18)/t11-/m1/s1. The number of aryl methyl sites for hydroxylation is 1. The van der Waals surface area contributed by atoms with Crippen molar-refractivity contribution in [2.45, 2.75) is 25.9 Å². The number of hydrogen-bond acceptors (Lipinski definition) is 5. The predicted molar refractivity (Wildman–Crippen MR) is 75.1 cm³/mol. The number of amides is 1. The van der Waals surface area contributed by atoms with Gasteiger partial charge in [-0.3, -0.25) is 4.79 Å². The monoisotopic (exact) mass is 293 g/mol. The number of phenolic OH excluding ortho intramolecular Hbond substituents is 1. The molecule has 1 aromatic carbocycles. The van der Waals surface area contributed by atoms with Gasteiger partial charge in [-0.2, -0.15) is 0 Å². The molecular weight excluding hydrogens is 274 g/mol. The minimum Gasteiger partial charge on any atom is -0.507 e. The number of benzene rings is 1. The molecule has 0 aliphatic carbocycles. The number of aromatic hydroxyl groups is 1. The number of hydrogen-bond donors (Lipinski definition) is 2. The largest absolute Gasteiger partial charge is 0.507 e. The maximum absolute atomic E-state index is 11.8. The van der Waals surface area contributed by atoms with E-state index in [0.29, 0.717) is 6.54 Å². The number of carbonyl (C=O) groups excluding carboxylic acids is 2. The molecule has 1 aliphatic rings. The summed E-state index contributed by atoms with van der Waals surface area (Å²) in [6, 6.07) is 4.62. The summed E-state index contributed by atoms with van der Waals surface area (Å²) >= 11 is 0. The first kappa shape index (κ1) is 15.3. The van der Waals surface area contributed by atoms with Crippen molar-refractivity contribution in [1.82, 2.24) is 5.32 Å². The summed E-state index contributed by atoms with van der Waals surface area (Å²) in [6.07, 6.45) is 1.98. The van der Waals surface area contributed by atoms with Crippen molar-refractivity contribution in [3.05, 3.63) is 29.3 Å². The Morgan fingerprint density at radius 2 is 2.29 bits per heavy atom. The molecule has 1 fully saturated rings. The first-order valence-electron chi connectivity index (χ1n) is 6.91. The number of ether oxygens (including phenoxy) is 2. The SMILES string of the molecule is Cc1ccc(C(=O)OCC(=O)NC[C@H]2CCCO2)c(O)c1. The molecule has 1 heterocycles. The Morgan fingerprint density at radius 1 is 1.48 bits per heavy atom. The van der Waals surface area contributed by atoms with Gasteiger partial charge in [0.2, 0.25) is 0 Å². The van der Waals surface area contributed by atoms with Crippen LogP contribution in [0.5, 0.6) is 5.75 Å². The summed E-state index contributed by atoms with van der Waals surface area (Å²) in [7, 11) is 0. The van der Waals surface area contributed by atoms with Crippen LogP contribution >= 0.6 is 0 Å². The zero-order valence-electron chi connectivity index (χ0n) is 11.9. The topological polar surface area (TPSA) is 84.9 Å². The van der Waals surface area contributed by atoms with Crippen LogP contribution < -0.4 is 5.32 Å². The van der Waals surface area contributed by atoms with Crippen LogP contribution in [-0.4, -0.2) is 42.8 Å². The highest BCUT2D eigenvalue weighted by atomic mass is 16.5. The molecule has 1 aromatic rings. The number of esters is 1. The lowest BCUT2D eigenvalue weighted by molar-refractivity contribution is -0.124. The number of nitrogens with one attached hydrogen (secondary N) is 1. The second-order valence-electron chi connectivity index (χ2n) is 5.04. The van der Waals surface area contributed by atoms with E-state index in [4.69, 9.17) is 9.47 Å². The summed E-state index contributed by atoms with van der Waals surface area (Å²) in [5, 5.41) is 12.3. The molecule has 0 aromatic heterocycles. The summed E-state index contributed by atoms with van der Waals surface area (Å²) in [6.45, 7) is 2.57. The Hall–Kier alpha value is -2.08. The van der Waals surface area contributed by atoms with Gasteiger partial charge >= 0.3 is 5.97 Å². The maximum atomic E-state index is 11.8. The first-order valence-corrected chi connectivity index (χ1v) is 6.91. The number of carbonyl (C=O) groups is 2. The van der Waals surface area contributed by atoms with Crippen LogP contribution in [0.2, 0.25) is 0 Å². The van der Waals surface area contributed by atoms with E-state index in [1.807, 2.05) is 0 Å². The van der Waals surface area contributed by atoms with Crippen LogP contribution in [0.4, 0.5) is 0 Å². The van der Waals surface area contributed by atoms with E-state index in [9.17, 15) is 14.7 Å². The zero-order chi connectivity index (χ0) is 15.2. The van der Waals surface area contributed by atoms with Gasteiger partial charge in [-0.15, -0.1) is 0 Å². The van der Waals surface area contributed by atoms with Crippen molar-refractivity contribution >= 4 is 11.9 Å². The molecule has 1 atom stereocenters. The van der Waals surface area contributed by atoms with Gasteiger partial charge in [-0.25, -0.2) is 4.79 Å². The second kappa shape index (κ2) is 7.08. The molecule has 21 heavy (non-hydrogen) atoms. The molecule has 2 N–H and O–H groups in total. The molecule has 6 nitrogen and oxygen atoms in total. The van der Waals surface area contributed by atoms with Gasteiger partial charge in [0, 0.05) is 13.2 Å². The molecule has 2 rings (SSSR count). The van der Waals surface area contributed by atoms with Crippen molar-refractivity contribution in [3.8, 4) is 5.75 Å². The smallest absolute Gasteiger partial charge is 0.342 e.